The quantitative estimate of drug-likeness (QED) is 0.526. The van der Waals surface area contributed by atoms with Gasteiger partial charge in [-0.15, -0.1) is 0 Å². The van der Waals surface area contributed by atoms with Gasteiger partial charge in [-0.1, -0.05) is 17.7 Å². The van der Waals surface area contributed by atoms with Crippen LogP contribution in [0.15, 0.2) is 48.9 Å². The minimum atomic E-state index is -4.59. The van der Waals surface area contributed by atoms with E-state index in [0.717, 1.165) is 18.3 Å². The third-order valence-electron chi connectivity index (χ3n) is 3.82. The molecule has 3 aromatic rings. The molecule has 0 unspecified atom stereocenters. The van der Waals surface area contributed by atoms with Gasteiger partial charge < -0.3 is 5.32 Å². The predicted molar refractivity (Wildman–Crippen MR) is 94.0 cm³/mol. The van der Waals surface area contributed by atoms with E-state index in [1.54, 1.807) is 0 Å². The van der Waals surface area contributed by atoms with Crippen molar-refractivity contribution in [3.8, 4) is 11.4 Å². The maximum absolute atomic E-state index is 13.2. The molecule has 1 aromatic carbocycles. The number of alkyl halides is 6. The van der Waals surface area contributed by atoms with Crippen molar-refractivity contribution in [2.45, 2.75) is 18.9 Å². The standard InChI is InChI=1S/C18H11ClF6N4/c19-13-2-1-10(14(6-13)18(23,24)25)8-28-15-3-4-27-16(29-15)11-5-12(9-26-7-11)17(20,21)22/h1-7,9H,8H2,(H,27,28,29). The molecule has 0 atom stereocenters. The van der Waals surface area contributed by atoms with Crippen molar-refractivity contribution in [3.05, 3.63) is 70.6 Å². The zero-order valence-electron chi connectivity index (χ0n) is 14.3. The molecule has 0 bridgehead atoms. The Hall–Kier alpha value is -2.88. The largest absolute Gasteiger partial charge is 0.417 e. The van der Waals surface area contributed by atoms with Crippen LogP contribution >= 0.6 is 11.6 Å². The SMILES string of the molecule is FC(F)(F)c1cncc(-c2nccc(NCc3ccc(Cl)cc3C(F)(F)F)n2)c1. The summed E-state index contributed by atoms with van der Waals surface area (Å²) < 4.78 is 78.0. The van der Waals surface area contributed by atoms with Crippen molar-refractivity contribution in [1.82, 2.24) is 15.0 Å². The molecule has 0 aliphatic carbocycles. The van der Waals surface area contributed by atoms with Crippen LogP contribution < -0.4 is 5.32 Å². The van der Waals surface area contributed by atoms with Crippen molar-refractivity contribution in [2.24, 2.45) is 0 Å². The normalized spacial score (nSPS) is 12.1. The average molecular weight is 433 g/mol. The monoisotopic (exact) mass is 432 g/mol. The van der Waals surface area contributed by atoms with Gasteiger partial charge in [-0.05, 0) is 29.8 Å². The Balaban J connectivity index is 1.84. The van der Waals surface area contributed by atoms with Crippen molar-refractivity contribution < 1.29 is 26.3 Å². The highest BCUT2D eigenvalue weighted by Crippen LogP contribution is 2.34. The lowest BCUT2D eigenvalue weighted by atomic mass is 10.1. The Morgan fingerprint density at radius 1 is 0.931 bits per heavy atom. The van der Waals surface area contributed by atoms with E-state index in [9.17, 15) is 26.3 Å². The number of rotatable bonds is 4. The summed E-state index contributed by atoms with van der Waals surface area (Å²) in [4.78, 5) is 11.5. The number of hydrogen-bond donors (Lipinski definition) is 1. The number of anilines is 1. The minimum absolute atomic E-state index is 0.0194. The van der Waals surface area contributed by atoms with Crippen LogP contribution in [0.2, 0.25) is 5.02 Å². The van der Waals surface area contributed by atoms with E-state index in [0.29, 0.717) is 6.20 Å². The second-order valence-corrected chi connectivity index (χ2v) is 6.31. The smallest absolute Gasteiger partial charge is 0.366 e. The molecule has 0 spiro atoms. The molecule has 0 saturated heterocycles. The van der Waals surface area contributed by atoms with Crippen LogP contribution in [0, 0.1) is 0 Å². The fourth-order valence-corrected chi connectivity index (χ4v) is 2.64. The summed E-state index contributed by atoms with van der Waals surface area (Å²) in [5.74, 6) is 0.0798. The molecule has 0 radical (unpaired) electrons. The fourth-order valence-electron chi connectivity index (χ4n) is 2.47. The van der Waals surface area contributed by atoms with Crippen LogP contribution in [0.25, 0.3) is 11.4 Å². The lowest BCUT2D eigenvalue weighted by molar-refractivity contribution is -0.138. The molecular formula is C18H11ClF6N4. The number of halogens is 7. The molecule has 3 rings (SSSR count). The Labute approximate surface area is 165 Å². The first-order chi connectivity index (χ1) is 13.5. The number of nitrogens with zero attached hydrogens (tertiary/aromatic N) is 3. The summed E-state index contributed by atoms with van der Waals surface area (Å²) in [6.45, 7) is -0.233. The summed E-state index contributed by atoms with van der Waals surface area (Å²) in [6, 6.07) is 5.60. The number of aromatic nitrogens is 3. The lowest BCUT2D eigenvalue weighted by Crippen LogP contribution is -2.12. The zero-order chi connectivity index (χ0) is 21.2. The summed E-state index contributed by atoms with van der Waals surface area (Å²) >= 11 is 5.65. The molecule has 0 aliphatic rings. The molecule has 152 valence electrons. The Morgan fingerprint density at radius 2 is 1.69 bits per heavy atom. The van der Waals surface area contributed by atoms with Gasteiger partial charge in [-0.2, -0.15) is 26.3 Å². The Bertz CT molecular complexity index is 1020. The van der Waals surface area contributed by atoms with Crippen molar-refractivity contribution in [3.63, 3.8) is 0 Å². The highest BCUT2D eigenvalue weighted by atomic mass is 35.5. The molecule has 29 heavy (non-hydrogen) atoms. The van der Waals surface area contributed by atoms with Crippen LogP contribution in [-0.2, 0) is 18.9 Å². The highest BCUT2D eigenvalue weighted by Gasteiger charge is 2.33. The van der Waals surface area contributed by atoms with Crippen LogP contribution in [0.3, 0.4) is 0 Å². The van der Waals surface area contributed by atoms with Gasteiger partial charge in [0, 0.05) is 35.7 Å². The van der Waals surface area contributed by atoms with Crippen LogP contribution in [-0.4, -0.2) is 15.0 Å². The molecule has 11 heteroatoms. The van der Waals surface area contributed by atoms with E-state index in [1.807, 2.05) is 0 Å². The van der Waals surface area contributed by atoms with E-state index >= 15 is 0 Å². The lowest BCUT2D eigenvalue weighted by Gasteiger charge is -2.14. The molecule has 1 N–H and O–H groups in total. The average Bonchev–Trinajstić information content (AvgIpc) is 2.66. The summed E-state index contributed by atoms with van der Waals surface area (Å²) in [7, 11) is 0. The van der Waals surface area contributed by atoms with E-state index in [4.69, 9.17) is 11.6 Å². The summed E-state index contributed by atoms with van der Waals surface area (Å²) in [5, 5.41) is 2.66. The van der Waals surface area contributed by atoms with Gasteiger partial charge >= 0.3 is 12.4 Å². The van der Waals surface area contributed by atoms with E-state index in [1.165, 1.54) is 24.4 Å². The van der Waals surface area contributed by atoms with Gasteiger partial charge in [0.05, 0.1) is 11.1 Å². The van der Waals surface area contributed by atoms with Crippen LogP contribution in [0.1, 0.15) is 16.7 Å². The number of benzene rings is 1. The molecule has 4 nitrogen and oxygen atoms in total. The molecular weight excluding hydrogens is 422 g/mol. The highest BCUT2D eigenvalue weighted by molar-refractivity contribution is 6.30. The Morgan fingerprint density at radius 3 is 2.38 bits per heavy atom. The maximum atomic E-state index is 13.2. The van der Waals surface area contributed by atoms with Crippen molar-refractivity contribution in [1.29, 1.82) is 0 Å². The first kappa shape index (κ1) is 20.8. The second kappa shape index (κ2) is 7.86. The van der Waals surface area contributed by atoms with Gasteiger partial charge in [0.1, 0.15) is 5.82 Å². The second-order valence-electron chi connectivity index (χ2n) is 5.88. The van der Waals surface area contributed by atoms with Crippen molar-refractivity contribution >= 4 is 17.4 Å². The first-order valence-corrected chi connectivity index (χ1v) is 8.37. The number of nitrogens with one attached hydrogen (secondary N) is 1. The zero-order valence-corrected chi connectivity index (χ0v) is 15.1. The third-order valence-corrected chi connectivity index (χ3v) is 4.05. The van der Waals surface area contributed by atoms with E-state index in [2.05, 4.69) is 20.3 Å². The number of hydrogen-bond acceptors (Lipinski definition) is 4. The summed E-state index contributed by atoms with van der Waals surface area (Å²) in [5.41, 5.74) is -1.91. The predicted octanol–water partition coefficient (Wildman–Crippen LogP) is 5.84. The van der Waals surface area contributed by atoms with Gasteiger partial charge in [-0.25, -0.2) is 9.97 Å². The van der Waals surface area contributed by atoms with Crippen LogP contribution in [0.5, 0.6) is 0 Å². The molecule has 0 saturated carbocycles. The third kappa shape index (κ3) is 5.14. The van der Waals surface area contributed by atoms with Gasteiger partial charge in [0.25, 0.3) is 0 Å². The van der Waals surface area contributed by atoms with Gasteiger partial charge in [0.2, 0.25) is 0 Å². The molecule has 0 amide bonds. The Kier molecular flexibility index (Phi) is 5.65. The maximum Gasteiger partial charge on any atom is 0.417 e. The molecule has 0 aliphatic heterocycles. The fraction of sp³-hybridized carbons (Fsp3) is 0.167. The molecule has 2 aromatic heterocycles. The van der Waals surface area contributed by atoms with Crippen LogP contribution in [0.4, 0.5) is 32.2 Å². The first-order valence-electron chi connectivity index (χ1n) is 7.99. The van der Waals surface area contributed by atoms with E-state index in [-0.39, 0.29) is 34.3 Å². The van der Waals surface area contributed by atoms with Crippen molar-refractivity contribution in [2.75, 3.05) is 5.32 Å². The van der Waals surface area contributed by atoms with Gasteiger partial charge in [-0.3, -0.25) is 4.98 Å². The molecule has 0 fully saturated rings. The topological polar surface area (TPSA) is 50.7 Å². The minimum Gasteiger partial charge on any atom is -0.366 e. The number of pyridine rings is 1. The molecule has 2 heterocycles. The van der Waals surface area contributed by atoms with Gasteiger partial charge in [0.15, 0.2) is 5.82 Å². The van der Waals surface area contributed by atoms with E-state index < -0.39 is 23.5 Å². The summed E-state index contributed by atoms with van der Waals surface area (Å²) in [6.07, 6.45) is -6.07.